The van der Waals surface area contributed by atoms with Crippen molar-refractivity contribution in [2.75, 3.05) is 39.3 Å². The van der Waals surface area contributed by atoms with Gasteiger partial charge in [0.2, 0.25) is 0 Å². The molecule has 1 saturated heterocycles. The van der Waals surface area contributed by atoms with Crippen LogP contribution in [-0.4, -0.2) is 55.2 Å². The monoisotopic (exact) mass is 242 g/mol. The van der Waals surface area contributed by atoms with Gasteiger partial charge in [-0.05, 0) is 38.8 Å². The molecule has 0 aromatic carbocycles. The molecule has 17 heavy (non-hydrogen) atoms. The molecule has 1 aliphatic rings. The number of likely N-dealkylation sites (tertiary alicyclic amines) is 1. The summed E-state index contributed by atoms with van der Waals surface area (Å²) in [4.78, 5) is 15.8. The fraction of sp³-hybridized carbons (Fsp3) is 0.923. The third-order valence-corrected chi connectivity index (χ3v) is 3.55. The van der Waals surface area contributed by atoms with Crippen LogP contribution in [0.1, 0.15) is 33.6 Å². The maximum absolute atomic E-state index is 11.5. The van der Waals surface area contributed by atoms with Crippen LogP contribution in [0.4, 0.5) is 4.79 Å². The molecule has 4 nitrogen and oxygen atoms in total. The SMILES string of the molecule is CCOC(=O)N1CCC(CN(CC)CC)CC1. The summed E-state index contributed by atoms with van der Waals surface area (Å²) in [6, 6.07) is 0. The van der Waals surface area contributed by atoms with E-state index < -0.39 is 0 Å². The quantitative estimate of drug-likeness (QED) is 0.741. The molecule has 0 N–H and O–H groups in total. The van der Waals surface area contributed by atoms with Gasteiger partial charge < -0.3 is 14.5 Å². The van der Waals surface area contributed by atoms with Crippen molar-refractivity contribution in [1.82, 2.24) is 9.80 Å². The van der Waals surface area contributed by atoms with Crippen LogP contribution >= 0.6 is 0 Å². The molecule has 0 aliphatic carbocycles. The number of hydrogen-bond donors (Lipinski definition) is 0. The lowest BCUT2D eigenvalue weighted by Gasteiger charge is -2.33. The average molecular weight is 242 g/mol. The molecule has 1 aliphatic heterocycles. The molecular weight excluding hydrogens is 216 g/mol. The molecule has 0 spiro atoms. The predicted molar refractivity (Wildman–Crippen MR) is 69.1 cm³/mol. The number of rotatable bonds is 5. The van der Waals surface area contributed by atoms with Gasteiger partial charge in [-0.2, -0.15) is 0 Å². The highest BCUT2D eigenvalue weighted by Crippen LogP contribution is 2.18. The number of amides is 1. The van der Waals surface area contributed by atoms with E-state index in [0.29, 0.717) is 6.61 Å². The Bertz CT molecular complexity index is 221. The molecule has 1 heterocycles. The molecule has 4 heteroatoms. The summed E-state index contributed by atoms with van der Waals surface area (Å²) in [6.07, 6.45) is 2.07. The lowest BCUT2D eigenvalue weighted by molar-refractivity contribution is 0.0864. The summed E-state index contributed by atoms with van der Waals surface area (Å²) >= 11 is 0. The molecule has 0 aromatic rings. The Balaban J connectivity index is 2.28. The van der Waals surface area contributed by atoms with E-state index in [-0.39, 0.29) is 6.09 Å². The molecule has 0 atom stereocenters. The van der Waals surface area contributed by atoms with E-state index >= 15 is 0 Å². The smallest absolute Gasteiger partial charge is 0.409 e. The topological polar surface area (TPSA) is 32.8 Å². The maximum atomic E-state index is 11.5. The second kappa shape index (κ2) is 7.54. The van der Waals surface area contributed by atoms with Gasteiger partial charge in [0.15, 0.2) is 0 Å². The molecule has 1 fully saturated rings. The number of piperidine rings is 1. The first-order valence-electron chi connectivity index (χ1n) is 6.85. The van der Waals surface area contributed by atoms with E-state index in [2.05, 4.69) is 18.7 Å². The summed E-state index contributed by atoms with van der Waals surface area (Å²) in [5, 5.41) is 0. The van der Waals surface area contributed by atoms with Gasteiger partial charge in [0, 0.05) is 19.6 Å². The largest absolute Gasteiger partial charge is 0.450 e. The summed E-state index contributed by atoms with van der Waals surface area (Å²) in [6.45, 7) is 11.8. The van der Waals surface area contributed by atoms with Gasteiger partial charge in [-0.3, -0.25) is 0 Å². The van der Waals surface area contributed by atoms with Crippen LogP contribution in [0.15, 0.2) is 0 Å². The van der Waals surface area contributed by atoms with E-state index in [1.165, 1.54) is 6.54 Å². The van der Waals surface area contributed by atoms with E-state index in [1.54, 1.807) is 0 Å². The van der Waals surface area contributed by atoms with Crippen molar-refractivity contribution >= 4 is 6.09 Å². The standard InChI is InChI=1S/C13H26N2O2/c1-4-14(5-2)11-12-7-9-15(10-8-12)13(16)17-6-3/h12H,4-11H2,1-3H3. The van der Waals surface area contributed by atoms with Gasteiger partial charge in [0.25, 0.3) is 0 Å². The Hall–Kier alpha value is -0.770. The molecule has 1 amide bonds. The fourth-order valence-electron chi connectivity index (χ4n) is 2.36. The molecule has 1 rings (SSSR count). The first-order valence-corrected chi connectivity index (χ1v) is 6.85. The van der Waals surface area contributed by atoms with Crippen molar-refractivity contribution in [3.8, 4) is 0 Å². The Morgan fingerprint density at radius 2 is 1.82 bits per heavy atom. The zero-order valence-corrected chi connectivity index (χ0v) is 11.4. The Labute approximate surface area is 105 Å². The Kier molecular flexibility index (Phi) is 6.34. The maximum Gasteiger partial charge on any atom is 0.409 e. The van der Waals surface area contributed by atoms with Crippen LogP contribution in [0.3, 0.4) is 0 Å². The van der Waals surface area contributed by atoms with Crippen LogP contribution in [0.5, 0.6) is 0 Å². The lowest BCUT2D eigenvalue weighted by atomic mass is 9.96. The van der Waals surface area contributed by atoms with Crippen molar-refractivity contribution in [3.63, 3.8) is 0 Å². The van der Waals surface area contributed by atoms with Crippen LogP contribution in [0, 0.1) is 5.92 Å². The highest BCUT2D eigenvalue weighted by Gasteiger charge is 2.24. The molecule has 0 saturated carbocycles. The van der Waals surface area contributed by atoms with E-state index in [4.69, 9.17) is 4.74 Å². The first kappa shape index (κ1) is 14.3. The third-order valence-electron chi connectivity index (χ3n) is 3.55. The highest BCUT2D eigenvalue weighted by molar-refractivity contribution is 5.67. The number of carbonyl (C=O) groups is 1. The van der Waals surface area contributed by atoms with Gasteiger partial charge in [0.05, 0.1) is 6.61 Å². The zero-order chi connectivity index (χ0) is 12.7. The van der Waals surface area contributed by atoms with E-state index in [0.717, 1.165) is 44.9 Å². The molecule has 0 unspecified atom stereocenters. The van der Waals surface area contributed by atoms with Crippen molar-refractivity contribution < 1.29 is 9.53 Å². The summed E-state index contributed by atoms with van der Waals surface area (Å²) in [7, 11) is 0. The van der Waals surface area contributed by atoms with Crippen molar-refractivity contribution in [1.29, 1.82) is 0 Å². The van der Waals surface area contributed by atoms with Crippen molar-refractivity contribution in [2.45, 2.75) is 33.6 Å². The molecule has 100 valence electrons. The summed E-state index contributed by atoms with van der Waals surface area (Å²) in [5.74, 6) is 0.737. The van der Waals surface area contributed by atoms with Gasteiger partial charge in [-0.15, -0.1) is 0 Å². The minimum absolute atomic E-state index is 0.145. The summed E-state index contributed by atoms with van der Waals surface area (Å²) < 4.78 is 5.02. The molecule has 0 bridgehead atoms. The normalized spacial score (nSPS) is 17.5. The predicted octanol–water partition coefficient (Wildman–Crippen LogP) is 2.20. The summed E-state index contributed by atoms with van der Waals surface area (Å²) in [5.41, 5.74) is 0. The van der Waals surface area contributed by atoms with Crippen molar-refractivity contribution in [2.24, 2.45) is 5.92 Å². The third kappa shape index (κ3) is 4.54. The number of ether oxygens (including phenoxy) is 1. The Morgan fingerprint density at radius 1 is 1.24 bits per heavy atom. The average Bonchev–Trinajstić information content (AvgIpc) is 2.37. The van der Waals surface area contributed by atoms with Crippen LogP contribution < -0.4 is 0 Å². The minimum atomic E-state index is -0.145. The fourth-order valence-corrected chi connectivity index (χ4v) is 2.36. The van der Waals surface area contributed by atoms with Crippen LogP contribution in [0.2, 0.25) is 0 Å². The second-order valence-electron chi connectivity index (χ2n) is 4.62. The van der Waals surface area contributed by atoms with Gasteiger partial charge in [-0.1, -0.05) is 13.8 Å². The van der Waals surface area contributed by atoms with E-state index in [1.807, 2.05) is 11.8 Å². The lowest BCUT2D eigenvalue weighted by Crippen LogP contribution is -2.41. The van der Waals surface area contributed by atoms with Crippen LogP contribution in [0.25, 0.3) is 0 Å². The Morgan fingerprint density at radius 3 is 2.29 bits per heavy atom. The van der Waals surface area contributed by atoms with Gasteiger partial charge in [0.1, 0.15) is 0 Å². The number of hydrogen-bond acceptors (Lipinski definition) is 3. The minimum Gasteiger partial charge on any atom is -0.450 e. The highest BCUT2D eigenvalue weighted by atomic mass is 16.6. The van der Waals surface area contributed by atoms with Gasteiger partial charge in [-0.25, -0.2) is 4.79 Å². The van der Waals surface area contributed by atoms with E-state index in [9.17, 15) is 4.79 Å². The second-order valence-corrected chi connectivity index (χ2v) is 4.62. The first-order chi connectivity index (χ1) is 8.21. The molecule has 0 aromatic heterocycles. The number of nitrogens with zero attached hydrogens (tertiary/aromatic N) is 2. The van der Waals surface area contributed by atoms with Crippen molar-refractivity contribution in [3.05, 3.63) is 0 Å². The molecule has 0 radical (unpaired) electrons. The number of carbonyl (C=O) groups excluding carboxylic acids is 1. The zero-order valence-electron chi connectivity index (χ0n) is 11.4. The van der Waals surface area contributed by atoms with Gasteiger partial charge >= 0.3 is 6.09 Å². The molecular formula is C13H26N2O2. The van der Waals surface area contributed by atoms with Crippen LogP contribution in [-0.2, 0) is 4.74 Å².